The SMILES string of the molecule is O=C(O)c1c(Br)sc2c1CNC2. The lowest BCUT2D eigenvalue weighted by Gasteiger charge is -1.94. The van der Waals surface area contributed by atoms with Crippen molar-refractivity contribution in [2.24, 2.45) is 0 Å². The van der Waals surface area contributed by atoms with Crippen LogP contribution in [0.2, 0.25) is 0 Å². The largest absolute Gasteiger partial charge is 0.478 e. The maximum absolute atomic E-state index is 10.8. The van der Waals surface area contributed by atoms with Crippen molar-refractivity contribution < 1.29 is 9.90 Å². The lowest BCUT2D eigenvalue weighted by molar-refractivity contribution is 0.0695. The number of carboxylic acid groups (broad SMARTS) is 1. The third-order valence-corrected chi connectivity index (χ3v) is 3.75. The summed E-state index contributed by atoms with van der Waals surface area (Å²) in [6.45, 7) is 1.48. The number of aromatic carboxylic acids is 1. The first-order valence-corrected chi connectivity index (χ1v) is 5.05. The third-order valence-electron chi connectivity index (χ3n) is 1.85. The van der Waals surface area contributed by atoms with Crippen molar-refractivity contribution in [2.75, 3.05) is 0 Å². The highest BCUT2D eigenvalue weighted by atomic mass is 79.9. The topological polar surface area (TPSA) is 49.3 Å². The van der Waals surface area contributed by atoms with Crippen LogP contribution in [-0.4, -0.2) is 11.1 Å². The Morgan fingerprint density at radius 2 is 2.33 bits per heavy atom. The molecule has 1 aromatic rings. The summed E-state index contributed by atoms with van der Waals surface area (Å²) in [5.41, 5.74) is 1.37. The molecule has 2 heterocycles. The molecule has 12 heavy (non-hydrogen) atoms. The Morgan fingerprint density at radius 1 is 1.58 bits per heavy atom. The molecule has 0 aromatic carbocycles. The Hall–Kier alpha value is -0.390. The van der Waals surface area contributed by atoms with E-state index in [9.17, 15) is 4.79 Å². The number of hydrogen-bond donors (Lipinski definition) is 2. The molecule has 0 bridgehead atoms. The second-order valence-electron chi connectivity index (χ2n) is 2.56. The van der Waals surface area contributed by atoms with Gasteiger partial charge in [0.05, 0.1) is 9.35 Å². The van der Waals surface area contributed by atoms with Crippen LogP contribution in [0.3, 0.4) is 0 Å². The van der Waals surface area contributed by atoms with Gasteiger partial charge in [0, 0.05) is 18.0 Å². The van der Waals surface area contributed by atoms with Gasteiger partial charge in [0.1, 0.15) is 0 Å². The molecule has 0 spiro atoms. The van der Waals surface area contributed by atoms with Crippen LogP contribution in [0.1, 0.15) is 20.8 Å². The quantitative estimate of drug-likeness (QED) is 0.796. The summed E-state index contributed by atoms with van der Waals surface area (Å²) < 4.78 is 0.738. The number of carboxylic acids is 1. The van der Waals surface area contributed by atoms with Crippen LogP contribution in [0.15, 0.2) is 3.79 Å². The molecule has 0 atom stereocenters. The van der Waals surface area contributed by atoms with Gasteiger partial charge >= 0.3 is 5.97 Å². The standard InChI is InChI=1S/C7H6BrNO2S/c8-6-5(7(10)11)3-1-9-2-4(3)12-6/h9H,1-2H2,(H,10,11). The van der Waals surface area contributed by atoms with Gasteiger partial charge < -0.3 is 10.4 Å². The summed E-state index contributed by atoms with van der Waals surface area (Å²) in [7, 11) is 0. The van der Waals surface area contributed by atoms with E-state index in [1.54, 1.807) is 0 Å². The smallest absolute Gasteiger partial charge is 0.338 e. The van der Waals surface area contributed by atoms with Crippen molar-refractivity contribution in [3.8, 4) is 0 Å². The Bertz CT molecular complexity index is 347. The molecule has 0 unspecified atom stereocenters. The molecule has 0 amide bonds. The number of hydrogen-bond acceptors (Lipinski definition) is 3. The molecule has 1 aromatic heterocycles. The zero-order valence-corrected chi connectivity index (χ0v) is 8.46. The molecule has 0 fully saturated rings. The summed E-state index contributed by atoms with van der Waals surface area (Å²) in [4.78, 5) is 11.9. The number of fused-ring (bicyclic) bond motifs is 1. The number of carbonyl (C=O) groups is 1. The molecular weight excluding hydrogens is 242 g/mol. The van der Waals surface area contributed by atoms with Crippen LogP contribution in [0.25, 0.3) is 0 Å². The normalized spacial score (nSPS) is 14.8. The Kier molecular flexibility index (Phi) is 1.94. The van der Waals surface area contributed by atoms with Gasteiger partial charge in [-0.2, -0.15) is 0 Å². The fourth-order valence-corrected chi connectivity index (χ4v) is 3.32. The molecule has 0 saturated carbocycles. The summed E-state index contributed by atoms with van der Waals surface area (Å²) >= 11 is 4.76. The number of rotatable bonds is 1. The van der Waals surface area contributed by atoms with Gasteiger partial charge in [-0.15, -0.1) is 11.3 Å². The third kappa shape index (κ3) is 1.09. The number of nitrogens with one attached hydrogen (secondary N) is 1. The minimum Gasteiger partial charge on any atom is -0.478 e. The van der Waals surface area contributed by atoms with Crippen LogP contribution in [-0.2, 0) is 13.1 Å². The van der Waals surface area contributed by atoms with E-state index in [0.29, 0.717) is 12.1 Å². The van der Waals surface area contributed by atoms with Crippen LogP contribution in [0, 0.1) is 0 Å². The van der Waals surface area contributed by atoms with E-state index in [1.165, 1.54) is 11.3 Å². The van der Waals surface area contributed by atoms with Gasteiger partial charge in [0.25, 0.3) is 0 Å². The zero-order chi connectivity index (χ0) is 8.72. The molecule has 1 aliphatic heterocycles. The molecule has 2 N–H and O–H groups in total. The van der Waals surface area contributed by atoms with Gasteiger partial charge in [-0.3, -0.25) is 0 Å². The van der Waals surface area contributed by atoms with Gasteiger partial charge in [-0.25, -0.2) is 4.79 Å². The van der Waals surface area contributed by atoms with Crippen molar-refractivity contribution in [2.45, 2.75) is 13.1 Å². The minimum absolute atomic E-state index is 0.431. The summed E-state index contributed by atoms with van der Waals surface area (Å²) in [6.07, 6.45) is 0. The van der Waals surface area contributed by atoms with E-state index in [0.717, 1.165) is 20.8 Å². The number of halogens is 1. The highest BCUT2D eigenvalue weighted by Crippen LogP contribution is 2.35. The summed E-state index contributed by atoms with van der Waals surface area (Å²) in [6, 6.07) is 0. The molecule has 2 rings (SSSR count). The van der Waals surface area contributed by atoms with Crippen LogP contribution in [0.5, 0.6) is 0 Å². The van der Waals surface area contributed by atoms with E-state index >= 15 is 0 Å². The second-order valence-corrected chi connectivity index (χ2v) is 4.98. The Balaban J connectivity index is 2.59. The van der Waals surface area contributed by atoms with Crippen molar-refractivity contribution in [1.82, 2.24) is 5.32 Å². The minimum atomic E-state index is -0.844. The van der Waals surface area contributed by atoms with Gasteiger partial charge in [-0.1, -0.05) is 0 Å². The maximum atomic E-state index is 10.8. The lowest BCUT2D eigenvalue weighted by atomic mass is 10.2. The average molecular weight is 248 g/mol. The first-order valence-electron chi connectivity index (χ1n) is 3.44. The predicted octanol–water partition coefficient (Wildman–Crippen LogP) is 1.81. The molecular formula is C7H6BrNO2S. The van der Waals surface area contributed by atoms with Crippen molar-refractivity contribution in [3.63, 3.8) is 0 Å². The summed E-state index contributed by atoms with van der Waals surface area (Å²) in [5, 5.41) is 12.0. The van der Waals surface area contributed by atoms with E-state index < -0.39 is 5.97 Å². The Labute approximate surface area is 81.5 Å². The van der Waals surface area contributed by atoms with Gasteiger partial charge in [-0.05, 0) is 21.5 Å². The monoisotopic (exact) mass is 247 g/mol. The first-order chi connectivity index (χ1) is 5.70. The van der Waals surface area contributed by atoms with Crippen LogP contribution >= 0.6 is 27.3 Å². The van der Waals surface area contributed by atoms with E-state index in [2.05, 4.69) is 21.2 Å². The molecule has 1 aliphatic rings. The average Bonchev–Trinajstić information content (AvgIpc) is 2.44. The summed E-state index contributed by atoms with van der Waals surface area (Å²) in [5.74, 6) is -0.844. The fraction of sp³-hybridized carbons (Fsp3) is 0.286. The predicted molar refractivity (Wildman–Crippen MR) is 49.5 cm³/mol. The fourth-order valence-electron chi connectivity index (χ4n) is 1.32. The molecule has 3 nitrogen and oxygen atoms in total. The maximum Gasteiger partial charge on any atom is 0.338 e. The molecule has 0 saturated heterocycles. The zero-order valence-electron chi connectivity index (χ0n) is 6.06. The van der Waals surface area contributed by atoms with E-state index in [1.807, 2.05) is 0 Å². The van der Waals surface area contributed by atoms with Gasteiger partial charge in [0.2, 0.25) is 0 Å². The Morgan fingerprint density at radius 3 is 3.00 bits per heavy atom. The molecule has 64 valence electrons. The van der Waals surface area contributed by atoms with E-state index in [4.69, 9.17) is 5.11 Å². The van der Waals surface area contributed by atoms with Crippen LogP contribution in [0.4, 0.5) is 0 Å². The highest BCUT2D eigenvalue weighted by molar-refractivity contribution is 9.11. The van der Waals surface area contributed by atoms with Crippen LogP contribution < -0.4 is 5.32 Å². The van der Waals surface area contributed by atoms with Gasteiger partial charge in [0.15, 0.2) is 0 Å². The molecule has 0 aliphatic carbocycles. The lowest BCUT2D eigenvalue weighted by Crippen LogP contribution is -2.04. The first kappa shape index (κ1) is 8.22. The van der Waals surface area contributed by atoms with Crippen molar-refractivity contribution in [3.05, 3.63) is 19.8 Å². The highest BCUT2D eigenvalue weighted by Gasteiger charge is 2.24. The second kappa shape index (κ2) is 2.83. The van der Waals surface area contributed by atoms with Crippen molar-refractivity contribution >= 4 is 33.2 Å². The van der Waals surface area contributed by atoms with Crippen molar-refractivity contribution in [1.29, 1.82) is 0 Å². The number of thiophene rings is 1. The molecule has 0 radical (unpaired) electrons. The molecule has 5 heteroatoms. The van der Waals surface area contributed by atoms with E-state index in [-0.39, 0.29) is 0 Å².